The molecule has 10 heteroatoms. The van der Waals surface area contributed by atoms with Crippen LogP contribution in [0.25, 0.3) is 0 Å². The highest BCUT2D eigenvalue weighted by Crippen LogP contribution is 2.16. The molecule has 1 heterocycles. The first kappa shape index (κ1) is 17.2. The van der Waals surface area contributed by atoms with Crippen LogP contribution < -0.4 is 5.32 Å². The second kappa shape index (κ2) is 7.23. The van der Waals surface area contributed by atoms with Gasteiger partial charge in [-0.05, 0) is 0 Å². The number of hydrogen-bond acceptors (Lipinski definition) is 4. The molecule has 0 bridgehead atoms. The Labute approximate surface area is 115 Å². The van der Waals surface area contributed by atoms with Crippen molar-refractivity contribution in [1.29, 1.82) is 0 Å². The lowest BCUT2D eigenvalue weighted by Crippen LogP contribution is -2.28. The van der Waals surface area contributed by atoms with Gasteiger partial charge in [-0.1, -0.05) is 0 Å². The number of hydrogen-bond donors (Lipinski definition) is 1. The fourth-order valence-electron chi connectivity index (χ4n) is 1.22. The highest BCUT2D eigenvalue weighted by Gasteiger charge is 2.27. The number of rotatable bonds is 7. The van der Waals surface area contributed by atoms with Gasteiger partial charge in [-0.2, -0.15) is 26.3 Å². The van der Waals surface area contributed by atoms with Gasteiger partial charge in [0.2, 0.25) is 0 Å². The Morgan fingerprint density at radius 2 is 1.85 bits per heavy atom. The van der Waals surface area contributed by atoms with Crippen LogP contribution in [0.15, 0.2) is 5.38 Å². The van der Waals surface area contributed by atoms with Crippen molar-refractivity contribution in [2.45, 2.75) is 25.3 Å². The van der Waals surface area contributed by atoms with Gasteiger partial charge in [0.15, 0.2) is 0 Å². The topological polar surface area (TPSA) is 34.1 Å². The lowest BCUT2D eigenvalue weighted by Gasteiger charge is -2.06. The van der Waals surface area contributed by atoms with Crippen molar-refractivity contribution in [3.05, 3.63) is 16.1 Å². The van der Waals surface area contributed by atoms with Crippen LogP contribution in [-0.4, -0.2) is 37.1 Å². The third kappa shape index (κ3) is 8.33. The average Bonchev–Trinajstić information content (AvgIpc) is 2.69. The van der Waals surface area contributed by atoms with Gasteiger partial charge in [0.05, 0.1) is 23.9 Å². The molecule has 0 spiro atoms. The van der Waals surface area contributed by atoms with Crippen molar-refractivity contribution in [3.63, 3.8) is 0 Å². The Balaban J connectivity index is 2.22. The number of ether oxygens (including phenoxy) is 1. The standard InChI is InChI=1S/C10H12F6N2OS/c11-9(12,13)5-17-3-7-4-20-8(18-7)1-2-19-6-10(14,15)16/h4,17H,1-3,5-6H2. The van der Waals surface area contributed by atoms with E-state index in [0.29, 0.717) is 10.7 Å². The molecule has 20 heavy (non-hydrogen) atoms. The second-order valence-electron chi connectivity index (χ2n) is 3.87. The normalized spacial score (nSPS) is 12.9. The fourth-order valence-corrected chi connectivity index (χ4v) is 2.00. The quantitative estimate of drug-likeness (QED) is 0.619. The number of halogens is 6. The molecule has 1 aromatic heterocycles. The van der Waals surface area contributed by atoms with Gasteiger partial charge in [-0.15, -0.1) is 11.3 Å². The summed E-state index contributed by atoms with van der Waals surface area (Å²) in [6.07, 6.45) is -8.46. The monoisotopic (exact) mass is 322 g/mol. The van der Waals surface area contributed by atoms with E-state index in [4.69, 9.17) is 0 Å². The zero-order valence-electron chi connectivity index (χ0n) is 10.1. The molecular weight excluding hydrogens is 310 g/mol. The van der Waals surface area contributed by atoms with Crippen molar-refractivity contribution in [1.82, 2.24) is 10.3 Å². The van der Waals surface area contributed by atoms with Crippen LogP contribution in [-0.2, 0) is 17.7 Å². The van der Waals surface area contributed by atoms with Gasteiger partial charge in [-0.25, -0.2) is 4.98 Å². The molecule has 0 aliphatic rings. The van der Waals surface area contributed by atoms with E-state index >= 15 is 0 Å². The second-order valence-corrected chi connectivity index (χ2v) is 4.81. The van der Waals surface area contributed by atoms with Crippen molar-refractivity contribution < 1.29 is 31.1 Å². The molecule has 1 rings (SSSR count). The predicted molar refractivity (Wildman–Crippen MR) is 60.5 cm³/mol. The molecule has 0 aliphatic carbocycles. The summed E-state index contributed by atoms with van der Waals surface area (Å²) in [6.45, 7) is -2.62. The molecule has 0 aromatic carbocycles. The van der Waals surface area contributed by atoms with Gasteiger partial charge < -0.3 is 10.1 Å². The first-order valence-corrected chi connectivity index (χ1v) is 6.39. The summed E-state index contributed by atoms with van der Waals surface area (Å²) in [7, 11) is 0. The van der Waals surface area contributed by atoms with E-state index in [2.05, 4.69) is 15.0 Å². The predicted octanol–water partition coefficient (Wildman–Crippen LogP) is 2.92. The average molecular weight is 322 g/mol. The first-order valence-electron chi connectivity index (χ1n) is 5.51. The molecule has 0 radical (unpaired) electrons. The molecule has 0 atom stereocenters. The molecular formula is C10H12F6N2OS. The van der Waals surface area contributed by atoms with Crippen LogP contribution in [0, 0.1) is 0 Å². The lowest BCUT2D eigenvalue weighted by molar-refractivity contribution is -0.173. The Morgan fingerprint density at radius 1 is 1.15 bits per heavy atom. The molecule has 1 aromatic rings. The minimum atomic E-state index is -4.37. The fraction of sp³-hybridized carbons (Fsp3) is 0.700. The summed E-state index contributed by atoms with van der Waals surface area (Å²) >= 11 is 1.17. The third-order valence-corrected chi connectivity index (χ3v) is 2.91. The molecule has 0 saturated heterocycles. The van der Waals surface area contributed by atoms with Crippen LogP contribution in [0.2, 0.25) is 0 Å². The molecule has 0 saturated carbocycles. The maximum absolute atomic E-state index is 11.9. The summed E-state index contributed by atoms with van der Waals surface area (Å²) in [5.74, 6) is 0. The Kier molecular flexibility index (Phi) is 6.21. The largest absolute Gasteiger partial charge is 0.411 e. The number of nitrogens with zero attached hydrogens (tertiary/aromatic N) is 1. The summed E-state index contributed by atoms with van der Waals surface area (Å²) in [5, 5.41) is 4.26. The van der Waals surface area contributed by atoms with Crippen LogP contribution in [0.1, 0.15) is 10.7 Å². The number of alkyl halides is 6. The van der Waals surface area contributed by atoms with E-state index in [0.717, 1.165) is 0 Å². The summed E-state index contributed by atoms with van der Waals surface area (Å²) in [6, 6.07) is 0. The Morgan fingerprint density at radius 3 is 2.45 bits per heavy atom. The van der Waals surface area contributed by atoms with Crippen LogP contribution in [0.5, 0.6) is 0 Å². The van der Waals surface area contributed by atoms with E-state index in [9.17, 15) is 26.3 Å². The minimum Gasteiger partial charge on any atom is -0.372 e. The molecule has 3 nitrogen and oxygen atoms in total. The Hall–Kier alpha value is -0.870. The lowest BCUT2D eigenvalue weighted by atomic mass is 10.4. The first-order chi connectivity index (χ1) is 9.16. The highest BCUT2D eigenvalue weighted by molar-refractivity contribution is 7.09. The maximum Gasteiger partial charge on any atom is 0.411 e. The van der Waals surface area contributed by atoms with Crippen molar-refractivity contribution >= 4 is 11.3 Å². The van der Waals surface area contributed by atoms with Gasteiger partial charge >= 0.3 is 12.4 Å². The molecule has 116 valence electrons. The number of nitrogens with one attached hydrogen (secondary N) is 1. The maximum atomic E-state index is 11.9. The molecule has 0 unspecified atom stereocenters. The SMILES string of the molecule is FC(F)(F)CNCc1csc(CCOCC(F)(F)F)n1. The Bertz CT molecular complexity index is 403. The van der Waals surface area contributed by atoms with Crippen molar-refractivity contribution in [2.75, 3.05) is 19.8 Å². The highest BCUT2D eigenvalue weighted by atomic mass is 32.1. The van der Waals surface area contributed by atoms with Crippen molar-refractivity contribution in [3.8, 4) is 0 Å². The zero-order chi connectivity index (χ0) is 15.2. The van der Waals surface area contributed by atoms with E-state index in [-0.39, 0.29) is 19.6 Å². The minimum absolute atomic E-state index is 0.0422. The molecule has 0 amide bonds. The number of aromatic nitrogens is 1. The van der Waals surface area contributed by atoms with E-state index in [1.54, 1.807) is 5.38 Å². The van der Waals surface area contributed by atoms with Gasteiger partial charge in [0.25, 0.3) is 0 Å². The summed E-state index contributed by atoms with van der Waals surface area (Å²) in [4.78, 5) is 3.99. The van der Waals surface area contributed by atoms with E-state index in [1.807, 2.05) is 0 Å². The van der Waals surface area contributed by atoms with Gasteiger partial charge in [-0.3, -0.25) is 0 Å². The van der Waals surface area contributed by atoms with Crippen LogP contribution in [0.3, 0.4) is 0 Å². The van der Waals surface area contributed by atoms with Crippen LogP contribution >= 0.6 is 11.3 Å². The summed E-state index contributed by atoms with van der Waals surface area (Å²) < 4.78 is 75.4. The van der Waals surface area contributed by atoms with Crippen molar-refractivity contribution in [2.24, 2.45) is 0 Å². The van der Waals surface area contributed by atoms with Gasteiger partial charge in [0, 0.05) is 18.3 Å². The van der Waals surface area contributed by atoms with E-state index < -0.39 is 25.5 Å². The van der Waals surface area contributed by atoms with Crippen LogP contribution in [0.4, 0.5) is 26.3 Å². The molecule has 0 fully saturated rings. The smallest absolute Gasteiger partial charge is 0.372 e. The third-order valence-electron chi connectivity index (χ3n) is 1.96. The zero-order valence-corrected chi connectivity index (χ0v) is 11.0. The summed E-state index contributed by atoms with van der Waals surface area (Å²) in [5.41, 5.74) is 0.421. The van der Waals surface area contributed by atoms with E-state index in [1.165, 1.54) is 11.3 Å². The van der Waals surface area contributed by atoms with Gasteiger partial charge in [0.1, 0.15) is 6.61 Å². The molecule has 0 aliphatic heterocycles. The number of thiazole rings is 1. The molecule has 1 N–H and O–H groups in total.